The van der Waals surface area contributed by atoms with E-state index in [2.05, 4.69) is 158 Å². The highest BCUT2D eigenvalue weighted by Crippen LogP contribution is 2.49. The van der Waals surface area contributed by atoms with Gasteiger partial charge >= 0.3 is 0 Å². The van der Waals surface area contributed by atoms with Crippen LogP contribution in [-0.2, 0) is 0 Å². The third-order valence-electron chi connectivity index (χ3n) is 10.4. The predicted molar refractivity (Wildman–Crippen MR) is 210 cm³/mol. The Morgan fingerprint density at radius 3 is 1.48 bits per heavy atom. The standard InChI is InChI=1S/C48H28O2/c1-2-12-29(13-3-1)30-22-23-32-27-33(25-24-31(32)26-30)44-35-15-4-6-17-37(35)45(38-18-7-5-16-36(38)44)41-28-40-34-14-8-10-20-42(34)49-47(40)46-39-19-9-11-21-43(39)50-48(41)46/h1-28H. The van der Waals surface area contributed by atoms with E-state index in [-0.39, 0.29) is 0 Å². The highest BCUT2D eigenvalue weighted by molar-refractivity contribution is 6.29. The molecule has 0 radical (unpaired) electrons. The van der Waals surface area contributed by atoms with Crippen molar-refractivity contribution >= 4 is 76.2 Å². The molecule has 0 aliphatic carbocycles. The molecule has 0 aliphatic heterocycles. The highest BCUT2D eigenvalue weighted by Gasteiger charge is 2.24. The largest absolute Gasteiger partial charge is 0.455 e. The number of hydrogen-bond acceptors (Lipinski definition) is 2. The van der Waals surface area contributed by atoms with Crippen LogP contribution in [0, 0.1) is 0 Å². The summed E-state index contributed by atoms with van der Waals surface area (Å²) in [6, 6.07) is 60.8. The number of para-hydroxylation sites is 2. The zero-order valence-electron chi connectivity index (χ0n) is 27.0. The number of benzene rings is 9. The SMILES string of the molecule is c1ccc(-c2ccc3cc(-c4c5ccccc5c(-c5cc6c7ccccc7oc6c6c5oc5ccccc56)c5ccccc45)ccc3c2)cc1. The van der Waals surface area contributed by atoms with Gasteiger partial charge in [-0.3, -0.25) is 0 Å². The lowest BCUT2D eigenvalue weighted by atomic mass is 9.84. The van der Waals surface area contributed by atoms with E-state index in [0.717, 1.165) is 49.4 Å². The molecule has 0 aliphatic rings. The van der Waals surface area contributed by atoms with Crippen molar-refractivity contribution < 1.29 is 8.83 Å². The minimum atomic E-state index is 0.848. The van der Waals surface area contributed by atoms with Crippen LogP contribution < -0.4 is 0 Å². The van der Waals surface area contributed by atoms with Crippen molar-refractivity contribution in [1.29, 1.82) is 0 Å². The maximum Gasteiger partial charge on any atom is 0.147 e. The number of hydrogen-bond donors (Lipinski definition) is 0. The third kappa shape index (κ3) is 3.90. The van der Waals surface area contributed by atoms with E-state index in [9.17, 15) is 0 Å². The van der Waals surface area contributed by atoms with E-state index in [1.165, 1.54) is 60.1 Å². The monoisotopic (exact) mass is 636 g/mol. The van der Waals surface area contributed by atoms with Crippen LogP contribution in [0.3, 0.4) is 0 Å². The Bertz CT molecular complexity index is 3080. The summed E-state index contributed by atoms with van der Waals surface area (Å²) in [6.07, 6.45) is 0. The quantitative estimate of drug-likeness (QED) is 0.180. The molecule has 2 nitrogen and oxygen atoms in total. The molecule has 11 rings (SSSR count). The van der Waals surface area contributed by atoms with E-state index >= 15 is 0 Å². The fourth-order valence-electron chi connectivity index (χ4n) is 8.19. The van der Waals surface area contributed by atoms with E-state index < -0.39 is 0 Å². The van der Waals surface area contributed by atoms with Crippen LogP contribution in [0.4, 0.5) is 0 Å². The maximum absolute atomic E-state index is 6.78. The summed E-state index contributed by atoms with van der Waals surface area (Å²) in [5.74, 6) is 0. The maximum atomic E-state index is 6.78. The molecule has 0 spiro atoms. The van der Waals surface area contributed by atoms with Crippen molar-refractivity contribution in [2.75, 3.05) is 0 Å². The molecular weight excluding hydrogens is 609 g/mol. The summed E-state index contributed by atoms with van der Waals surface area (Å²) < 4.78 is 13.4. The molecule has 2 aromatic heterocycles. The van der Waals surface area contributed by atoms with Crippen LogP contribution in [0.2, 0.25) is 0 Å². The van der Waals surface area contributed by atoms with Gasteiger partial charge in [0.1, 0.15) is 22.3 Å². The topological polar surface area (TPSA) is 26.3 Å². The average molecular weight is 637 g/mol. The molecule has 0 saturated heterocycles. The van der Waals surface area contributed by atoms with Crippen LogP contribution in [0.15, 0.2) is 179 Å². The molecule has 9 aromatic carbocycles. The Morgan fingerprint density at radius 1 is 0.300 bits per heavy atom. The van der Waals surface area contributed by atoms with Crippen LogP contribution in [0.1, 0.15) is 0 Å². The average Bonchev–Trinajstić information content (AvgIpc) is 3.75. The summed E-state index contributed by atoms with van der Waals surface area (Å²) in [6.45, 7) is 0. The Kier molecular flexibility index (Phi) is 5.70. The van der Waals surface area contributed by atoms with Gasteiger partial charge in [-0.2, -0.15) is 0 Å². The first kappa shape index (κ1) is 27.3. The molecule has 0 saturated carbocycles. The van der Waals surface area contributed by atoms with Crippen molar-refractivity contribution in [3.05, 3.63) is 170 Å². The van der Waals surface area contributed by atoms with Crippen LogP contribution in [-0.4, -0.2) is 0 Å². The van der Waals surface area contributed by atoms with E-state index in [4.69, 9.17) is 8.83 Å². The van der Waals surface area contributed by atoms with Gasteiger partial charge in [-0.1, -0.05) is 140 Å². The molecule has 2 heteroatoms. The molecule has 11 aromatic rings. The van der Waals surface area contributed by atoms with Gasteiger partial charge in [-0.25, -0.2) is 0 Å². The summed E-state index contributed by atoms with van der Waals surface area (Å²) in [4.78, 5) is 0. The van der Waals surface area contributed by atoms with Crippen LogP contribution in [0.25, 0.3) is 110 Å². The minimum Gasteiger partial charge on any atom is -0.455 e. The Labute approximate surface area is 287 Å². The second-order valence-electron chi connectivity index (χ2n) is 13.2. The lowest BCUT2D eigenvalue weighted by molar-refractivity contribution is 0.663. The Balaban J connectivity index is 1.23. The number of furan rings is 2. The molecule has 0 amide bonds. The van der Waals surface area contributed by atoms with E-state index in [1.54, 1.807) is 0 Å². The number of fused-ring (bicyclic) bond motifs is 10. The van der Waals surface area contributed by atoms with Gasteiger partial charge in [-0.15, -0.1) is 0 Å². The molecule has 232 valence electrons. The summed E-state index contributed by atoms with van der Waals surface area (Å²) >= 11 is 0. The molecule has 0 unspecified atom stereocenters. The molecule has 2 heterocycles. The van der Waals surface area contributed by atoms with Gasteiger partial charge in [0.15, 0.2) is 0 Å². The predicted octanol–water partition coefficient (Wildman–Crippen LogP) is 13.9. The fourth-order valence-corrected chi connectivity index (χ4v) is 8.19. The molecule has 0 fully saturated rings. The van der Waals surface area contributed by atoms with Crippen molar-refractivity contribution in [2.45, 2.75) is 0 Å². The molecule has 0 N–H and O–H groups in total. The molecule has 0 bridgehead atoms. The second kappa shape index (κ2) is 10.4. The first-order chi connectivity index (χ1) is 24.8. The van der Waals surface area contributed by atoms with Crippen LogP contribution >= 0.6 is 0 Å². The molecule has 50 heavy (non-hydrogen) atoms. The summed E-state index contributed by atoms with van der Waals surface area (Å²) in [5.41, 5.74) is 10.6. The second-order valence-corrected chi connectivity index (χ2v) is 13.2. The zero-order chi connectivity index (χ0) is 32.8. The van der Waals surface area contributed by atoms with Crippen molar-refractivity contribution in [1.82, 2.24) is 0 Å². The van der Waals surface area contributed by atoms with Gasteiger partial charge < -0.3 is 8.83 Å². The van der Waals surface area contributed by atoms with Gasteiger partial charge in [0.25, 0.3) is 0 Å². The Hall–Kier alpha value is -6.64. The lowest BCUT2D eigenvalue weighted by Gasteiger charge is -2.18. The molecular formula is C48H28O2. The van der Waals surface area contributed by atoms with Crippen molar-refractivity contribution in [3.8, 4) is 33.4 Å². The minimum absolute atomic E-state index is 0.848. The highest BCUT2D eigenvalue weighted by atomic mass is 16.3. The van der Waals surface area contributed by atoms with Crippen molar-refractivity contribution in [3.63, 3.8) is 0 Å². The lowest BCUT2D eigenvalue weighted by Crippen LogP contribution is -1.91. The van der Waals surface area contributed by atoms with Crippen molar-refractivity contribution in [2.24, 2.45) is 0 Å². The third-order valence-corrected chi connectivity index (χ3v) is 10.4. The van der Waals surface area contributed by atoms with Gasteiger partial charge in [0.05, 0.1) is 5.39 Å². The van der Waals surface area contributed by atoms with Gasteiger partial charge in [0, 0.05) is 27.3 Å². The normalized spacial score (nSPS) is 12.0. The summed E-state index contributed by atoms with van der Waals surface area (Å²) in [7, 11) is 0. The first-order valence-corrected chi connectivity index (χ1v) is 17.1. The van der Waals surface area contributed by atoms with E-state index in [1.807, 2.05) is 12.1 Å². The zero-order valence-corrected chi connectivity index (χ0v) is 27.0. The smallest absolute Gasteiger partial charge is 0.147 e. The van der Waals surface area contributed by atoms with E-state index in [0.29, 0.717) is 0 Å². The molecule has 0 atom stereocenters. The first-order valence-electron chi connectivity index (χ1n) is 17.1. The number of rotatable bonds is 3. The summed E-state index contributed by atoms with van der Waals surface area (Å²) in [5, 5.41) is 11.5. The Morgan fingerprint density at radius 2 is 0.800 bits per heavy atom. The fraction of sp³-hybridized carbons (Fsp3) is 0. The van der Waals surface area contributed by atoms with Crippen LogP contribution in [0.5, 0.6) is 0 Å². The van der Waals surface area contributed by atoms with Gasteiger partial charge in [-0.05, 0) is 84.9 Å². The van der Waals surface area contributed by atoms with Gasteiger partial charge in [0.2, 0.25) is 0 Å².